The van der Waals surface area contributed by atoms with Crippen LogP contribution in [0.3, 0.4) is 0 Å². The molecule has 0 aromatic carbocycles. The van der Waals surface area contributed by atoms with Crippen LogP contribution < -0.4 is 5.32 Å². The Kier molecular flexibility index (Phi) is 3.68. The van der Waals surface area contributed by atoms with Gasteiger partial charge >= 0.3 is 0 Å². The number of pyridine rings is 1. The van der Waals surface area contributed by atoms with Crippen LogP contribution in [-0.4, -0.2) is 34.9 Å². The summed E-state index contributed by atoms with van der Waals surface area (Å²) >= 11 is 0. The smallest absolute Gasteiger partial charge is 0.241 e. The van der Waals surface area contributed by atoms with Gasteiger partial charge < -0.3 is 10.2 Å². The lowest BCUT2D eigenvalue weighted by molar-refractivity contribution is -0.136. The van der Waals surface area contributed by atoms with E-state index >= 15 is 0 Å². The quantitative estimate of drug-likeness (QED) is 0.810. The van der Waals surface area contributed by atoms with Crippen molar-refractivity contribution in [1.82, 2.24) is 15.2 Å². The second-order valence-corrected chi connectivity index (χ2v) is 3.99. The van der Waals surface area contributed by atoms with Gasteiger partial charge in [-0.15, -0.1) is 0 Å². The molecule has 1 unspecified atom stereocenters. The predicted molar refractivity (Wildman–Crippen MR) is 61.7 cm³/mol. The summed E-state index contributed by atoms with van der Waals surface area (Å²) in [5, 5.41) is 11.7. The van der Waals surface area contributed by atoms with E-state index in [0.29, 0.717) is 13.1 Å². The molecule has 5 nitrogen and oxygen atoms in total. The van der Waals surface area contributed by atoms with Crippen LogP contribution in [0.15, 0.2) is 24.5 Å². The molecule has 1 aliphatic rings. The average Bonchev–Trinajstić information content (AvgIpc) is 2.36. The third-order valence-electron chi connectivity index (χ3n) is 2.77. The first kappa shape index (κ1) is 11.6. The lowest BCUT2D eigenvalue weighted by Gasteiger charge is -2.32. The molecule has 2 heterocycles. The number of amides is 1. The van der Waals surface area contributed by atoms with Crippen molar-refractivity contribution in [3.8, 4) is 6.07 Å². The summed E-state index contributed by atoms with van der Waals surface area (Å²) in [5.41, 5.74) is 1.01. The zero-order chi connectivity index (χ0) is 12.1. The highest BCUT2D eigenvalue weighted by Crippen LogP contribution is 2.09. The van der Waals surface area contributed by atoms with Gasteiger partial charge in [0.2, 0.25) is 5.91 Å². The molecular formula is C12H14N4O. The molecule has 17 heavy (non-hydrogen) atoms. The maximum absolute atomic E-state index is 12.0. The Morgan fingerprint density at radius 1 is 1.65 bits per heavy atom. The maximum atomic E-state index is 12.0. The number of nitrogens with one attached hydrogen (secondary N) is 1. The monoisotopic (exact) mass is 230 g/mol. The van der Waals surface area contributed by atoms with E-state index in [-0.39, 0.29) is 18.4 Å². The highest BCUT2D eigenvalue weighted by Gasteiger charge is 2.27. The molecule has 0 bridgehead atoms. The SMILES string of the molecule is N#CCC1NCCN(Cc2cccnc2)C1=O. The van der Waals surface area contributed by atoms with Gasteiger partial charge in [0.25, 0.3) is 0 Å². The van der Waals surface area contributed by atoms with Crippen molar-refractivity contribution < 1.29 is 4.79 Å². The van der Waals surface area contributed by atoms with Crippen LogP contribution in [0.1, 0.15) is 12.0 Å². The lowest BCUT2D eigenvalue weighted by Crippen LogP contribution is -2.54. The van der Waals surface area contributed by atoms with E-state index in [0.717, 1.165) is 12.1 Å². The van der Waals surface area contributed by atoms with E-state index < -0.39 is 0 Å². The van der Waals surface area contributed by atoms with Gasteiger partial charge in [-0.2, -0.15) is 5.26 Å². The number of piperazine rings is 1. The molecule has 1 fully saturated rings. The van der Waals surface area contributed by atoms with Crippen LogP contribution >= 0.6 is 0 Å². The third-order valence-corrected chi connectivity index (χ3v) is 2.77. The van der Waals surface area contributed by atoms with Crippen molar-refractivity contribution in [2.24, 2.45) is 0 Å². The molecule has 5 heteroatoms. The van der Waals surface area contributed by atoms with Crippen molar-refractivity contribution in [3.05, 3.63) is 30.1 Å². The summed E-state index contributed by atoms with van der Waals surface area (Å²) < 4.78 is 0. The Morgan fingerprint density at radius 3 is 3.24 bits per heavy atom. The topological polar surface area (TPSA) is 69.0 Å². The summed E-state index contributed by atoms with van der Waals surface area (Å²) in [6, 6.07) is 5.48. The normalized spacial score (nSPS) is 20.1. The Labute approximate surface area is 100 Å². The van der Waals surface area contributed by atoms with Crippen LogP contribution in [-0.2, 0) is 11.3 Å². The van der Waals surface area contributed by atoms with Crippen LogP contribution in [0, 0.1) is 11.3 Å². The van der Waals surface area contributed by atoms with Crippen molar-refractivity contribution in [1.29, 1.82) is 5.26 Å². The van der Waals surface area contributed by atoms with Gasteiger partial charge in [-0.05, 0) is 11.6 Å². The molecule has 1 atom stereocenters. The number of aromatic nitrogens is 1. The third kappa shape index (κ3) is 2.80. The van der Waals surface area contributed by atoms with Gasteiger partial charge in [0, 0.05) is 32.0 Å². The zero-order valence-corrected chi connectivity index (χ0v) is 9.47. The van der Waals surface area contributed by atoms with E-state index in [1.165, 1.54) is 0 Å². The molecule has 1 saturated heterocycles. The molecule has 0 spiro atoms. The number of hydrogen-bond donors (Lipinski definition) is 1. The molecule has 1 aliphatic heterocycles. The molecule has 1 amide bonds. The fourth-order valence-electron chi connectivity index (χ4n) is 1.91. The number of carbonyl (C=O) groups is 1. The van der Waals surface area contributed by atoms with Gasteiger partial charge in [0.05, 0.1) is 12.5 Å². The van der Waals surface area contributed by atoms with Crippen LogP contribution in [0.4, 0.5) is 0 Å². The van der Waals surface area contributed by atoms with Gasteiger partial charge in [-0.3, -0.25) is 9.78 Å². The van der Waals surface area contributed by atoms with E-state index in [4.69, 9.17) is 5.26 Å². The Bertz CT molecular complexity index is 426. The van der Waals surface area contributed by atoms with E-state index in [9.17, 15) is 4.79 Å². The number of nitriles is 1. The van der Waals surface area contributed by atoms with Gasteiger partial charge in [0.15, 0.2) is 0 Å². The zero-order valence-electron chi connectivity index (χ0n) is 9.47. The van der Waals surface area contributed by atoms with Crippen molar-refractivity contribution in [2.45, 2.75) is 19.0 Å². The fraction of sp³-hybridized carbons (Fsp3) is 0.417. The summed E-state index contributed by atoms with van der Waals surface area (Å²) in [5.74, 6) is 0.00153. The molecule has 0 radical (unpaired) electrons. The molecule has 1 aromatic heterocycles. The minimum Gasteiger partial charge on any atom is -0.336 e. The van der Waals surface area contributed by atoms with Crippen molar-refractivity contribution in [2.75, 3.05) is 13.1 Å². The molecule has 88 valence electrons. The summed E-state index contributed by atoms with van der Waals surface area (Å²) in [4.78, 5) is 17.8. The summed E-state index contributed by atoms with van der Waals surface area (Å²) in [6.07, 6.45) is 3.69. The fourth-order valence-corrected chi connectivity index (χ4v) is 1.91. The van der Waals surface area contributed by atoms with Crippen LogP contribution in [0.2, 0.25) is 0 Å². The summed E-state index contributed by atoms with van der Waals surface area (Å²) in [7, 11) is 0. The first-order chi connectivity index (χ1) is 8.31. The van der Waals surface area contributed by atoms with Gasteiger partial charge in [-0.25, -0.2) is 0 Å². The van der Waals surface area contributed by atoms with E-state index in [1.54, 1.807) is 17.3 Å². The minimum atomic E-state index is -0.356. The molecule has 1 aromatic rings. The summed E-state index contributed by atoms with van der Waals surface area (Å²) in [6.45, 7) is 1.98. The number of hydrogen-bond acceptors (Lipinski definition) is 4. The van der Waals surface area contributed by atoms with Crippen LogP contribution in [0.5, 0.6) is 0 Å². The van der Waals surface area contributed by atoms with Crippen LogP contribution in [0.25, 0.3) is 0 Å². The highest BCUT2D eigenvalue weighted by molar-refractivity contribution is 5.82. The number of nitrogens with zero attached hydrogens (tertiary/aromatic N) is 3. The number of carbonyl (C=O) groups excluding carboxylic acids is 1. The second-order valence-electron chi connectivity index (χ2n) is 3.99. The highest BCUT2D eigenvalue weighted by atomic mass is 16.2. The average molecular weight is 230 g/mol. The second kappa shape index (κ2) is 5.41. The van der Waals surface area contributed by atoms with E-state index in [1.807, 2.05) is 18.2 Å². The molecule has 1 N–H and O–H groups in total. The molecule has 0 saturated carbocycles. The van der Waals surface area contributed by atoms with Crippen molar-refractivity contribution in [3.63, 3.8) is 0 Å². The van der Waals surface area contributed by atoms with Crippen molar-refractivity contribution >= 4 is 5.91 Å². The Morgan fingerprint density at radius 2 is 2.53 bits per heavy atom. The molecular weight excluding hydrogens is 216 g/mol. The predicted octanol–water partition coefficient (Wildman–Crippen LogP) is 0.296. The first-order valence-corrected chi connectivity index (χ1v) is 5.59. The first-order valence-electron chi connectivity index (χ1n) is 5.59. The minimum absolute atomic E-state index is 0.00153. The van der Waals surface area contributed by atoms with Gasteiger partial charge in [-0.1, -0.05) is 6.07 Å². The standard InChI is InChI=1S/C12H14N4O/c13-4-3-11-12(17)16(7-6-15-11)9-10-2-1-5-14-8-10/h1-2,5,8,11,15H,3,6-7,9H2. The van der Waals surface area contributed by atoms with E-state index in [2.05, 4.69) is 10.3 Å². The van der Waals surface area contributed by atoms with Gasteiger partial charge in [0.1, 0.15) is 6.04 Å². The Balaban J connectivity index is 2.01. The number of rotatable bonds is 3. The molecule has 0 aliphatic carbocycles. The maximum Gasteiger partial charge on any atom is 0.241 e. The lowest BCUT2D eigenvalue weighted by atomic mass is 10.1. The largest absolute Gasteiger partial charge is 0.336 e. The molecule has 2 rings (SSSR count). The Hall–Kier alpha value is -1.93.